The number of nitrogens with zero attached hydrogens (tertiary/aromatic N) is 2. The van der Waals surface area contributed by atoms with Crippen LogP contribution in [-0.2, 0) is 9.59 Å². The van der Waals surface area contributed by atoms with Gasteiger partial charge in [-0.15, -0.1) is 0 Å². The molecular weight excluding hydrogens is 394 g/mol. The number of ether oxygens (including phenoxy) is 1. The summed E-state index contributed by atoms with van der Waals surface area (Å²) in [6.07, 6.45) is 1.06. The van der Waals surface area contributed by atoms with Gasteiger partial charge in [0.15, 0.2) is 0 Å². The first-order chi connectivity index (χ1) is 14.1. The lowest BCUT2D eigenvalue weighted by Crippen LogP contribution is -2.54. The smallest absolute Gasteiger partial charge is 0.335 e. The first-order valence-electron chi connectivity index (χ1n) is 8.65. The number of amides is 4. The van der Waals surface area contributed by atoms with Crippen molar-refractivity contribution in [1.29, 1.82) is 0 Å². The fourth-order valence-electron chi connectivity index (χ4n) is 3.12. The van der Waals surface area contributed by atoms with Crippen LogP contribution in [0.25, 0.3) is 6.08 Å². The maximum atomic E-state index is 13.0. The molecule has 10 heteroatoms. The summed E-state index contributed by atoms with van der Waals surface area (Å²) in [5, 5.41) is 25.2. The molecule has 0 aromatic heterocycles. The molecule has 0 atom stereocenters. The van der Waals surface area contributed by atoms with Crippen molar-refractivity contribution in [2.75, 3.05) is 12.0 Å². The Bertz CT molecular complexity index is 1120. The summed E-state index contributed by atoms with van der Waals surface area (Å²) in [5.41, 5.74) is 0.702. The quantitative estimate of drug-likeness (QED) is 0.351. The number of hydrogen-bond donors (Lipinski definition) is 1. The fraction of sp³-hybridized carbons (Fsp3) is 0.150. The molecule has 3 rings (SSSR count). The third-order valence-electron chi connectivity index (χ3n) is 4.35. The van der Waals surface area contributed by atoms with Crippen molar-refractivity contribution < 1.29 is 29.2 Å². The van der Waals surface area contributed by atoms with E-state index in [2.05, 4.69) is 5.32 Å². The Morgan fingerprint density at radius 1 is 1.07 bits per heavy atom. The second-order valence-electron chi connectivity index (χ2n) is 6.63. The van der Waals surface area contributed by atoms with Gasteiger partial charge in [0.1, 0.15) is 11.3 Å². The largest absolute Gasteiger partial charge is 0.865 e. The van der Waals surface area contributed by atoms with E-state index in [0.717, 1.165) is 35.3 Å². The highest BCUT2D eigenvalue weighted by Crippen LogP contribution is 2.35. The number of aryl methyl sites for hydroxylation is 2. The summed E-state index contributed by atoms with van der Waals surface area (Å²) in [6.45, 7) is 3.58. The Kier molecular flexibility index (Phi) is 5.24. The van der Waals surface area contributed by atoms with Gasteiger partial charge in [-0.2, -0.15) is 0 Å². The van der Waals surface area contributed by atoms with Crippen molar-refractivity contribution in [2.45, 2.75) is 13.8 Å². The van der Waals surface area contributed by atoms with E-state index < -0.39 is 39.8 Å². The topological polar surface area (TPSA) is 142 Å². The molecule has 2 aromatic carbocycles. The van der Waals surface area contributed by atoms with Crippen LogP contribution in [0.4, 0.5) is 16.2 Å². The average molecular weight is 410 g/mol. The zero-order valence-corrected chi connectivity index (χ0v) is 16.2. The van der Waals surface area contributed by atoms with Gasteiger partial charge in [0, 0.05) is 11.8 Å². The molecule has 30 heavy (non-hydrogen) atoms. The van der Waals surface area contributed by atoms with Gasteiger partial charge < -0.3 is 9.84 Å². The van der Waals surface area contributed by atoms with Gasteiger partial charge >= 0.3 is 6.03 Å². The van der Waals surface area contributed by atoms with E-state index in [-0.39, 0.29) is 17.0 Å². The molecule has 1 aliphatic heterocycles. The van der Waals surface area contributed by atoms with Crippen LogP contribution in [0.2, 0.25) is 0 Å². The first kappa shape index (κ1) is 20.5. The molecule has 0 radical (unpaired) electrons. The normalized spacial score (nSPS) is 15.4. The van der Waals surface area contributed by atoms with Crippen molar-refractivity contribution in [2.24, 2.45) is 0 Å². The van der Waals surface area contributed by atoms with Gasteiger partial charge in [-0.1, -0.05) is 6.07 Å². The molecule has 1 aliphatic rings. The van der Waals surface area contributed by atoms with Crippen LogP contribution < -0.4 is 20.1 Å². The number of nitro benzene ring substituents is 1. The number of nitro groups is 1. The van der Waals surface area contributed by atoms with Gasteiger partial charge in [-0.3, -0.25) is 25.0 Å². The lowest BCUT2D eigenvalue weighted by molar-refractivity contribution is -0.398. The van der Waals surface area contributed by atoms with Gasteiger partial charge in [0.25, 0.3) is 17.5 Å². The van der Waals surface area contributed by atoms with E-state index in [1.54, 1.807) is 26.0 Å². The molecule has 0 saturated carbocycles. The summed E-state index contributed by atoms with van der Waals surface area (Å²) in [6, 6.07) is 6.26. The van der Waals surface area contributed by atoms with Crippen molar-refractivity contribution in [3.05, 3.63) is 62.7 Å². The SMILES string of the molecule is COc1cc(/C=C2\C(=O)NC(=O)N(c3cc(C)cc(C)c3)C2=O)cc([N+](=O)[O-])c1[O-]. The Hall–Kier alpha value is -4.21. The van der Waals surface area contributed by atoms with Crippen LogP contribution in [0.15, 0.2) is 35.9 Å². The molecule has 0 spiro atoms. The summed E-state index contributed by atoms with van der Waals surface area (Å²) < 4.78 is 4.86. The molecule has 2 aromatic rings. The predicted molar refractivity (Wildman–Crippen MR) is 104 cm³/mol. The summed E-state index contributed by atoms with van der Waals surface area (Å²) in [5.74, 6) is -3.11. The molecule has 4 amide bonds. The number of methoxy groups -OCH3 is 1. The first-order valence-corrected chi connectivity index (χ1v) is 8.65. The zero-order chi connectivity index (χ0) is 22.2. The molecule has 1 N–H and O–H groups in total. The highest BCUT2D eigenvalue weighted by molar-refractivity contribution is 6.39. The molecule has 1 saturated heterocycles. The molecule has 0 aliphatic carbocycles. The molecule has 10 nitrogen and oxygen atoms in total. The van der Waals surface area contributed by atoms with Crippen LogP contribution in [0.3, 0.4) is 0 Å². The fourth-order valence-corrected chi connectivity index (χ4v) is 3.12. The Morgan fingerprint density at radius 3 is 2.27 bits per heavy atom. The van der Waals surface area contributed by atoms with E-state index in [9.17, 15) is 29.6 Å². The Labute approximate surface area is 170 Å². The van der Waals surface area contributed by atoms with E-state index in [1.165, 1.54) is 6.07 Å². The van der Waals surface area contributed by atoms with Crippen molar-refractivity contribution >= 4 is 35.3 Å². The van der Waals surface area contributed by atoms with Crippen LogP contribution in [0, 0.1) is 24.0 Å². The zero-order valence-electron chi connectivity index (χ0n) is 16.2. The van der Waals surface area contributed by atoms with E-state index in [4.69, 9.17) is 4.74 Å². The number of carbonyl (C=O) groups excluding carboxylic acids is 3. The molecule has 1 heterocycles. The second-order valence-corrected chi connectivity index (χ2v) is 6.63. The molecular formula is C20H16N3O7-. The number of barbiturate groups is 1. The maximum absolute atomic E-state index is 13.0. The second kappa shape index (κ2) is 7.66. The highest BCUT2D eigenvalue weighted by Gasteiger charge is 2.37. The van der Waals surface area contributed by atoms with Gasteiger partial charge in [0.2, 0.25) is 0 Å². The summed E-state index contributed by atoms with van der Waals surface area (Å²) in [4.78, 5) is 48.6. The molecule has 154 valence electrons. The molecule has 1 fully saturated rings. The number of urea groups is 1. The number of anilines is 1. The average Bonchev–Trinajstić information content (AvgIpc) is 2.64. The van der Waals surface area contributed by atoms with Crippen LogP contribution in [0.5, 0.6) is 11.5 Å². The number of hydrogen-bond acceptors (Lipinski definition) is 7. The minimum Gasteiger partial charge on any atom is -0.865 e. The lowest BCUT2D eigenvalue weighted by Gasteiger charge is -2.27. The summed E-state index contributed by atoms with van der Waals surface area (Å²) >= 11 is 0. The number of nitrogens with one attached hydrogen (secondary N) is 1. The van der Waals surface area contributed by atoms with Gasteiger partial charge in [0.05, 0.1) is 17.7 Å². The summed E-state index contributed by atoms with van der Waals surface area (Å²) in [7, 11) is 1.16. The minimum absolute atomic E-state index is 0.0198. The van der Waals surface area contributed by atoms with Crippen LogP contribution >= 0.6 is 0 Å². The van der Waals surface area contributed by atoms with Crippen molar-refractivity contribution in [3.63, 3.8) is 0 Å². The van der Waals surface area contributed by atoms with Crippen molar-refractivity contribution in [3.8, 4) is 11.5 Å². The van der Waals surface area contributed by atoms with E-state index in [1.807, 2.05) is 6.07 Å². The van der Waals surface area contributed by atoms with Gasteiger partial charge in [-0.25, -0.2) is 9.69 Å². The number of carbonyl (C=O) groups is 3. The molecule has 0 bridgehead atoms. The lowest BCUT2D eigenvalue weighted by atomic mass is 10.0. The van der Waals surface area contributed by atoms with Crippen molar-refractivity contribution in [1.82, 2.24) is 5.32 Å². The maximum Gasteiger partial charge on any atom is 0.335 e. The third kappa shape index (κ3) is 3.70. The molecule has 0 unspecified atom stereocenters. The number of imide groups is 2. The van der Waals surface area contributed by atoms with E-state index in [0.29, 0.717) is 0 Å². The van der Waals surface area contributed by atoms with Crippen LogP contribution in [0.1, 0.15) is 16.7 Å². The predicted octanol–water partition coefficient (Wildman–Crippen LogP) is 1.96. The van der Waals surface area contributed by atoms with E-state index >= 15 is 0 Å². The van der Waals surface area contributed by atoms with Gasteiger partial charge in [-0.05, 0) is 54.8 Å². The number of benzene rings is 2. The Balaban J connectivity index is 2.11. The van der Waals surface area contributed by atoms with Crippen LogP contribution in [-0.4, -0.2) is 29.9 Å². The number of rotatable bonds is 4. The standard InChI is InChI=1S/C20H17N3O7/c1-10-4-11(2)6-13(5-10)22-19(26)14(18(25)21-20(22)27)7-12-8-15(23(28)29)17(24)16(9-12)30-3/h4-9,24H,1-3H3,(H,21,25,27)/p-1/b14-7+. The Morgan fingerprint density at radius 2 is 1.70 bits per heavy atom. The minimum atomic E-state index is -0.960. The monoisotopic (exact) mass is 410 g/mol. The highest BCUT2D eigenvalue weighted by atomic mass is 16.6. The third-order valence-corrected chi connectivity index (χ3v) is 4.35.